The summed E-state index contributed by atoms with van der Waals surface area (Å²) in [5, 5.41) is 16.0. The monoisotopic (exact) mass is 248 g/mol. The molecule has 0 aliphatic carbocycles. The number of carbonyl (C=O) groups is 1. The normalized spacial score (nSPS) is 10.1. The van der Waals surface area contributed by atoms with Crippen LogP contribution in [0.15, 0.2) is 35.0 Å². The van der Waals surface area contributed by atoms with Gasteiger partial charge >= 0.3 is 0 Å². The average molecular weight is 248 g/mol. The van der Waals surface area contributed by atoms with Crippen molar-refractivity contribution in [1.29, 1.82) is 0 Å². The summed E-state index contributed by atoms with van der Waals surface area (Å²) in [5.74, 6) is -0.260. The van der Waals surface area contributed by atoms with Gasteiger partial charge in [0.25, 0.3) is 5.91 Å². The van der Waals surface area contributed by atoms with Crippen LogP contribution in [0, 0.1) is 0 Å². The first kappa shape index (κ1) is 11.5. The molecule has 5 heteroatoms. The third-order valence-electron chi connectivity index (χ3n) is 2.31. The average Bonchev–Trinajstić information content (AvgIpc) is 2.82. The van der Waals surface area contributed by atoms with Crippen molar-refractivity contribution in [3.8, 4) is 5.75 Å². The molecule has 0 unspecified atom stereocenters. The number of anilines is 1. The zero-order valence-electron chi connectivity index (χ0n) is 9.01. The highest BCUT2D eigenvalue weighted by Gasteiger charge is 2.10. The summed E-state index contributed by atoms with van der Waals surface area (Å²) in [6, 6.07) is 6.26. The molecule has 1 aromatic carbocycles. The third kappa shape index (κ3) is 2.76. The first-order chi connectivity index (χ1) is 8.16. The number of phenolic OH excluding ortho intramolecular Hbond substituents is 1. The highest BCUT2D eigenvalue weighted by Crippen LogP contribution is 2.18. The lowest BCUT2D eigenvalue weighted by molar-refractivity contribution is 0.0951. The number of rotatable bonds is 3. The molecule has 4 N–H and O–H groups in total. The van der Waals surface area contributed by atoms with E-state index in [-0.39, 0.29) is 11.7 Å². The van der Waals surface area contributed by atoms with Crippen molar-refractivity contribution in [1.82, 2.24) is 5.32 Å². The zero-order valence-corrected chi connectivity index (χ0v) is 9.83. The van der Waals surface area contributed by atoms with Gasteiger partial charge in [0.05, 0.1) is 5.56 Å². The van der Waals surface area contributed by atoms with E-state index in [2.05, 4.69) is 5.32 Å². The van der Waals surface area contributed by atoms with Crippen LogP contribution in [0.4, 0.5) is 5.69 Å². The van der Waals surface area contributed by atoms with Crippen LogP contribution in [-0.2, 0) is 6.54 Å². The quantitative estimate of drug-likeness (QED) is 0.574. The molecule has 0 bridgehead atoms. The fourth-order valence-electron chi connectivity index (χ4n) is 1.41. The predicted octanol–water partition coefficient (Wildman–Crippen LogP) is 1.97. The van der Waals surface area contributed by atoms with Crippen LogP contribution >= 0.6 is 11.3 Å². The summed E-state index contributed by atoms with van der Waals surface area (Å²) in [6.07, 6.45) is 0. The van der Waals surface area contributed by atoms with E-state index in [9.17, 15) is 9.90 Å². The maximum absolute atomic E-state index is 11.8. The van der Waals surface area contributed by atoms with E-state index in [1.807, 2.05) is 16.8 Å². The smallest absolute Gasteiger partial charge is 0.253 e. The molecule has 17 heavy (non-hydrogen) atoms. The molecule has 1 aromatic heterocycles. The van der Waals surface area contributed by atoms with Crippen molar-refractivity contribution in [2.75, 3.05) is 5.73 Å². The summed E-state index contributed by atoms with van der Waals surface area (Å²) in [7, 11) is 0. The maximum atomic E-state index is 11.8. The van der Waals surface area contributed by atoms with Crippen LogP contribution in [0.5, 0.6) is 5.75 Å². The fourth-order valence-corrected chi connectivity index (χ4v) is 2.08. The van der Waals surface area contributed by atoms with Crippen LogP contribution in [0.2, 0.25) is 0 Å². The summed E-state index contributed by atoms with van der Waals surface area (Å²) < 4.78 is 0. The molecule has 0 aliphatic heterocycles. The second-order valence-electron chi connectivity index (χ2n) is 3.59. The van der Waals surface area contributed by atoms with Gasteiger partial charge in [-0.2, -0.15) is 11.3 Å². The van der Waals surface area contributed by atoms with Crippen LogP contribution in [0.25, 0.3) is 0 Å². The first-order valence-corrected chi connectivity index (χ1v) is 5.99. The molecule has 0 radical (unpaired) electrons. The van der Waals surface area contributed by atoms with Crippen molar-refractivity contribution in [2.24, 2.45) is 0 Å². The largest absolute Gasteiger partial charge is 0.508 e. The number of nitrogen functional groups attached to an aromatic ring is 1. The molecule has 0 spiro atoms. The van der Waals surface area contributed by atoms with E-state index in [0.717, 1.165) is 5.56 Å². The fraction of sp³-hybridized carbons (Fsp3) is 0.0833. The van der Waals surface area contributed by atoms with Crippen molar-refractivity contribution < 1.29 is 9.90 Å². The summed E-state index contributed by atoms with van der Waals surface area (Å²) in [5.41, 5.74) is 7.36. The van der Waals surface area contributed by atoms with Gasteiger partial charge in [-0.3, -0.25) is 4.79 Å². The Kier molecular flexibility index (Phi) is 3.30. The van der Waals surface area contributed by atoms with Crippen molar-refractivity contribution in [3.05, 3.63) is 46.2 Å². The third-order valence-corrected chi connectivity index (χ3v) is 3.05. The Labute approximate surface area is 103 Å². The SMILES string of the molecule is Nc1ccc(O)cc1C(=O)NCc1ccsc1. The minimum Gasteiger partial charge on any atom is -0.508 e. The van der Waals surface area contributed by atoms with Crippen molar-refractivity contribution >= 4 is 22.9 Å². The van der Waals surface area contributed by atoms with E-state index in [1.54, 1.807) is 11.3 Å². The number of benzene rings is 1. The van der Waals surface area contributed by atoms with Gasteiger partial charge in [0.15, 0.2) is 0 Å². The summed E-state index contributed by atoms with van der Waals surface area (Å²) >= 11 is 1.58. The molecule has 0 saturated carbocycles. The number of aromatic hydroxyl groups is 1. The molecule has 2 aromatic rings. The molecule has 88 valence electrons. The lowest BCUT2D eigenvalue weighted by Gasteiger charge is -2.07. The van der Waals surface area contributed by atoms with Crippen LogP contribution in [0.3, 0.4) is 0 Å². The van der Waals surface area contributed by atoms with Crippen LogP contribution < -0.4 is 11.1 Å². The maximum Gasteiger partial charge on any atom is 0.253 e. The molecule has 0 aliphatic rings. The van der Waals surface area contributed by atoms with Gasteiger partial charge in [-0.25, -0.2) is 0 Å². The Morgan fingerprint density at radius 3 is 2.94 bits per heavy atom. The van der Waals surface area contributed by atoms with E-state index in [0.29, 0.717) is 17.8 Å². The van der Waals surface area contributed by atoms with Gasteiger partial charge in [-0.15, -0.1) is 0 Å². The van der Waals surface area contributed by atoms with E-state index in [4.69, 9.17) is 5.73 Å². The number of nitrogens with one attached hydrogen (secondary N) is 1. The molecule has 1 heterocycles. The summed E-state index contributed by atoms with van der Waals surface area (Å²) in [4.78, 5) is 11.8. The van der Waals surface area contributed by atoms with E-state index in [1.165, 1.54) is 18.2 Å². The second-order valence-corrected chi connectivity index (χ2v) is 4.37. The van der Waals surface area contributed by atoms with Crippen molar-refractivity contribution in [3.63, 3.8) is 0 Å². The summed E-state index contributed by atoms with van der Waals surface area (Å²) in [6.45, 7) is 0.456. The number of thiophene rings is 1. The molecule has 0 atom stereocenters. The standard InChI is InChI=1S/C12H12N2O2S/c13-11-2-1-9(15)5-10(11)12(16)14-6-8-3-4-17-7-8/h1-5,7,15H,6,13H2,(H,14,16). The molecular formula is C12H12N2O2S. The van der Waals surface area contributed by atoms with Crippen molar-refractivity contribution in [2.45, 2.75) is 6.54 Å². The highest BCUT2D eigenvalue weighted by atomic mass is 32.1. The Bertz CT molecular complexity index is 523. The molecule has 2 rings (SSSR count). The number of phenols is 1. The molecule has 0 saturated heterocycles. The number of hydrogen-bond donors (Lipinski definition) is 3. The van der Waals surface area contributed by atoms with Gasteiger partial charge in [0, 0.05) is 12.2 Å². The van der Waals surface area contributed by atoms with Crippen LogP contribution in [0.1, 0.15) is 15.9 Å². The molecule has 1 amide bonds. The first-order valence-electron chi connectivity index (χ1n) is 5.04. The number of carbonyl (C=O) groups excluding carboxylic acids is 1. The van der Waals surface area contributed by atoms with Gasteiger partial charge < -0.3 is 16.2 Å². The predicted molar refractivity (Wildman–Crippen MR) is 68.0 cm³/mol. The Morgan fingerprint density at radius 2 is 2.24 bits per heavy atom. The zero-order chi connectivity index (χ0) is 12.3. The minimum atomic E-state index is -0.287. The minimum absolute atomic E-state index is 0.0277. The molecule has 4 nitrogen and oxygen atoms in total. The van der Waals surface area contributed by atoms with Gasteiger partial charge in [-0.05, 0) is 40.6 Å². The number of amides is 1. The highest BCUT2D eigenvalue weighted by molar-refractivity contribution is 7.07. The topological polar surface area (TPSA) is 75.3 Å². The lowest BCUT2D eigenvalue weighted by atomic mass is 10.1. The lowest BCUT2D eigenvalue weighted by Crippen LogP contribution is -2.23. The number of hydrogen-bond acceptors (Lipinski definition) is 4. The Hall–Kier alpha value is -2.01. The van der Waals surface area contributed by atoms with Crippen LogP contribution in [-0.4, -0.2) is 11.0 Å². The molecule has 0 fully saturated rings. The van der Waals surface area contributed by atoms with Gasteiger partial charge in [0.1, 0.15) is 5.75 Å². The van der Waals surface area contributed by atoms with E-state index < -0.39 is 0 Å². The van der Waals surface area contributed by atoms with E-state index >= 15 is 0 Å². The second kappa shape index (κ2) is 4.88. The Morgan fingerprint density at radius 1 is 1.41 bits per heavy atom. The number of nitrogens with two attached hydrogens (primary N) is 1. The van der Waals surface area contributed by atoms with Gasteiger partial charge in [0.2, 0.25) is 0 Å². The molecular weight excluding hydrogens is 236 g/mol. The Balaban J connectivity index is 2.07. The van der Waals surface area contributed by atoms with Gasteiger partial charge in [-0.1, -0.05) is 0 Å².